The molecule has 2 fully saturated rings. The first kappa shape index (κ1) is 23.4. The lowest BCUT2D eigenvalue weighted by atomic mass is 10.1. The first-order chi connectivity index (χ1) is 16.8. The van der Waals surface area contributed by atoms with E-state index >= 15 is 0 Å². The number of ketones is 1. The Labute approximate surface area is 204 Å². The van der Waals surface area contributed by atoms with Gasteiger partial charge in [-0.3, -0.25) is 4.79 Å². The Kier molecular flexibility index (Phi) is 6.24. The standard InChI is InChI=1S/C23H28N8O3S/c1-30(2)10-9-24-19-11-21(26-13-18(19)22(32)15-3-4-15)28-20-7-8-25-23(29-20)16-12-27-31(14-16)35(33,34)17-5-6-17/h7-8,11-15,17H,3-6,9-10H2,1-2H3,(H2,24,25,26,28,29). The van der Waals surface area contributed by atoms with Gasteiger partial charge in [0, 0.05) is 37.5 Å². The fourth-order valence-electron chi connectivity index (χ4n) is 3.62. The molecule has 0 unspecified atom stereocenters. The van der Waals surface area contributed by atoms with Gasteiger partial charge in [-0.15, -0.1) is 0 Å². The number of likely N-dealkylation sites (N-methyl/N-ethyl adjacent to an activating group) is 1. The average Bonchev–Trinajstić information content (AvgIpc) is 3.76. The molecule has 184 valence electrons. The second kappa shape index (κ2) is 9.34. The van der Waals surface area contributed by atoms with Crippen LogP contribution < -0.4 is 10.6 Å². The lowest BCUT2D eigenvalue weighted by Crippen LogP contribution is -2.22. The van der Waals surface area contributed by atoms with Crippen LogP contribution in [0.3, 0.4) is 0 Å². The first-order valence-electron chi connectivity index (χ1n) is 11.6. The van der Waals surface area contributed by atoms with Crippen molar-refractivity contribution in [1.82, 2.24) is 29.0 Å². The van der Waals surface area contributed by atoms with Crippen molar-refractivity contribution >= 4 is 33.1 Å². The van der Waals surface area contributed by atoms with Crippen LogP contribution in [0.2, 0.25) is 0 Å². The Morgan fingerprint density at radius 3 is 2.66 bits per heavy atom. The predicted molar refractivity (Wildman–Crippen MR) is 132 cm³/mol. The van der Waals surface area contributed by atoms with Gasteiger partial charge in [-0.1, -0.05) is 0 Å². The molecule has 0 radical (unpaired) electrons. The number of nitrogens with zero attached hydrogens (tertiary/aromatic N) is 6. The zero-order chi connectivity index (χ0) is 24.6. The number of carbonyl (C=O) groups is 1. The van der Waals surface area contributed by atoms with Crippen molar-refractivity contribution < 1.29 is 13.2 Å². The van der Waals surface area contributed by atoms with Crippen LogP contribution in [0.4, 0.5) is 17.3 Å². The molecule has 0 amide bonds. The minimum absolute atomic E-state index is 0.0964. The molecular weight excluding hydrogens is 468 g/mol. The number of Topliss-reactive ketones (excluding diaryl/α,β-unsaturated/α-hetero) is 1. The lowest BCUT2D eigenvalue weighted by molar-refractivity contribution is 0.0968. The van der Waals surface area contributed by atoms with Crippen molar-refractivity contribution in [2.24, 2.45) is 5.92 Å². The molecule has 0 aromatic carbocycles. The molecule has 0 spiro atoms. The molecule has 0 aliphatic heterocycles. The Balaban J connectivity index is 1.35. The van der Waals surface area contributed by atoms with E-state index in [1.807, 2.05) is 20.2 Å². The molecule has 3 aromatic rings. The molecule has 12 heteroatoms. The maximum atomic E-state index is 12.7. The molecule has 35 heavy (non-hydrogen) atoms. The fourth-order valence-corrected chi connectivity index (χ4v) is 5.10. The molecule has 3 aromatic heterocycles. The number of carbonyl (C=O) groups excluding carboxylic acids is 1. The molecule has 2 saturated carbocycles. The third kappa shape index (κ3) is 5.33. The van der Waals surface area contributed by atoms with E-state index in [1.165, 1.54) is 12.4 Å². The quantitative estimate of drug-likeness (QED) is 0.381. The van der Waals surface area contributed by atoms with Gasteiger partial charge in [0.1, 0.15) is 11.6 Å². The van der Waals surface area contributed by atoms with Gasteiger partial charge in [-0.25, -0.2) is 23.4 Å². The SMILES string of the molecule is CN(C)CCNc1cc(Nc2ccnc(-c3cnn(S(=O)(=O)C4CC4)c3)n2)ncc1C(=O)C1CC1. The molecule has 2 aliphatic rings. The maximum Gasteiger partial charge on any atom is 0.256 e. The molecule has 2 aliphatic carbocycles. The van der Waals surface area contributed by atoms with Crippen LogP contribution in [0.5, 0.6) is 0 Å². The summed E-state index contributed by atoms with van der Waals surface area (Å²) in [6, 6.07) is 3.51. The van der Waals surface area contributed by atoms with E-state index in [0.29, 0.717) is 48.0 Å². The topological polar surface area (TPSA) is 135 Å². The molecule has 3 heterocycles. The van der Waals surface area contributed by atoms with Crippen LogP contribution in [0, 0.1) is 5.92 Å². The third-order valence-electron chi connectivity index (χ3n) is 5.93. The van der Waals surface area contributed by atoms with Gasteiger partial charge < -0.3 is 15.5 Å². The highest BCUT2D eigenvalue weighted by molar-refractivity contribution is 7.90. The largest absolute Gasteiger partial charge is 0.383 e. The Hall–Kier alpha value is -3.38. The fraction of sp³-hybridized carbons (Fsp3) is 0.435. The highest BCUT2D eigenvalue weighted by atomic mass is 32.2. The number of rotatable bonds is 11. The molecule has 0 saturated heterocycles. The smallest absolute Gasteiger partial charge is 0.256 e. The van der Waals surface area contributed by atoms with Crippen LogP contribution >= 0.6 is 0 Å². The minimum atomic E-state index is -3.46. The van der Waals surface area contributed by atoms with Crippen LogP contribution in [-0.2, 0) is 10.0 Å². The van der Waals surface area contributed by atoms with Gasteiger partial charge >= 0.3 is 0 Å². The summed E-state index contributed by atoms with van der Waals surface area (Å²) in [6.45, 7) is 1.51. The normalized spacial score (nSPS) is 15.9. The van der Waals surface area contributed by atoms with Gasteiger partial charge in [0.15, 0.2) is 11.6 Å². The Morgan fingerprint density at radius 2 is 1.94 bits per heavy atom. The van der Waals surface area contributed by atoms with Gasteiger partial charge in [-0.2, -0.15) is 9.19 Å². The minimum Gasteiger partial charge on any atom is -0.383 e. The van der Waals surface area contributed by atoms with E-state index in [0.717, 1.165) is 29.2 Å². The number of hydrogen-bond acceptors (Lipinski definition) is 10. The second-order valence-electron chi connectivity index (χ2n) is 9.22. The maximum absolute atomic E-state index is 12.7. The summed E-state index contributed by atoms with van der Waals surface area (Å²) in [7, 11) is 0.535. The van der Waals surface area contributed by atoms with E-state index in [1.54, 1.807) is 18.5 Å². The van der Waals surface area contributed by atoms with E-state index in [-0.39, 0.29) is 17.0 Å². The predicted octanol–water partition coefficient (Wildman–Crippen LogP) is 2.39. The summed E-state index contributed by atoms with van der Waals surface area (Å²) in [5.74, 6) is 1.58. The van der Waals surface area contributed by atoms with Crippen LogP contribution in [0.25, 0.3) is 11.4 Å². The van der Waals surface area contributed by atoms with Crippen molar-refractivity contribution in [1.29, 1.82) is 0 Å². The molecule has 11 nitrogen and oxygen atoms in total. The summed E-state index contributed by atoms with van der Waals surface area (Å²) >= 11 is 0. The summed E-state index contributed by atoms with van der Waals surface area (Å²) in [6.07, 6.45) is 9.26. The number of nitrogens with one attached hydrogen (secondary N) is 2. The van der Waals surface area contributed by atoms with Gasteiger partial charge in [0.05, 0.1) is 34.5 Å². The van der Waals surface area contributed by atoms with Crippen molar-refractivity contribution in [3.63, 3.8) is 0 Å². The van der Waals surface area contributed by atoms with E-state index in [2.05, 4.69) is 35.6 Å². The molecule has 0 bridgehead atoms. The zero-order valence-corrected chi connectivity index (χ0v) is 20.5. The summed E-state index contributed by atoms with van der Waals surface area (Å²) in [5, 5.41) is 10.2. The average molecular weight is 497 g/mol. The zero-order valence-electron chi connectivity index (χ0n) is 19.7. The second-order valence-corrected chi connectivity index (χ2v) is 11.3. The van der Waals surface area contributed by atoms with Crippen molar-refractivity contribution in [3.8, 4) is 11.4 Å². The van der Waals surface area contributed by atoms with Crippen LogP contribution in [0.1, 0.15) is 36.0 Å². The lowest BCUT2D eigenvalue weighted by Gasteiger charge is -2.15. The monoisotopic (exact) mass is 496 g/mol. The Bertz CT molecular complexity index is 1350. The number of anilines is 3. The highest BCUT2D eigenvalue weighted by Crippen LogP contribution is 2.35. The number of pyridine rings is 1. The number of aromatic nitrogens is 5. The van der Waals surface area contributed by atoms with Crippen LogP contribution in [0.15, 0.2) is 36.9 Å². The Morgan fingerprint density at radius 1 is 1.14 bits per heavy atom. The molecule has 0 atom stereocenters. The van der Waals surface area contributed by atoms with Crippen LogP contribution in [-0.4, -0.2) is 75.7 Å². The van der Waals surface area contributed by atoms with Crippen molar-refractivity contribution in [2.75, 3.05) is 37.8 Å². The molecule has 2 N–H and O–H groups in total. The van der Waals surface area contributed by atoms with Crippen molar-refractivity contribution in [3.05, 3.63) is 42.5 Å². The summed E-state index contributed by atoms with van der Waals surface area (Å²) < 4.78 is 25.8. The molecule has 5 rings (SSSR count). The third-order valence-corrected chi connectivity index (χ3v) is 7.96. The van der Waals surface area contributed by atoms with Gasteiger partial charge in [0.2, 0.25) is 0 Å². The van der Waals surface area contributed by atoms with E-state index < -0.39 is 10.0 Å². The molecular formula is C23H28N8O3S. The first-order valence-corrected chi connectivity index (χ1v) is 13.1. The summed E-state index contributed by atoms with van der Waals surface area (Å²) in [5.41, 5.74) is 1.84. The highest BCUT2D eigenvalue weighted by Gasteiger charge is 2.37. The summed E-state index contributed by atoms with van der Waals surface area (Å²) in [4.78, 5) is 28.0. The van der Waals surface area contributed by atoms with Gasteiger partial charge in [-0.05, 0) is 45.8 Å². The van der Waals surface area contributed by atoms with E-state index in [9.17, 15) is 13.2 Å². The van der Waals surface area contributed by atoms with Gasteiger partial charge in [0.25, 0.3) is 10.0 Å². The van der Waals surface area contributed by atoms with E-state index in [4.69, 9.17) is 0 Å². The number of hydrogen-bond donors (Lipinski definition) is 2. The van der Waals surface area contributed by atoms with Crippen molar-refractivity contribution in [2.45, 2.75) is 30.9 Å².